The topological polar surface area (TPSA) is 94.6 Å². The number of benzene rings is 3. The van der Waals surface area contributed by atoms with Crippen molar-refractivity contribution in [2.45, 2.75) is 23.5 Å². The molecule has 0 saturated heterocycles. The lowest BCUT2D eigenvalue weighted by Gasteiger charge is -2.13. The molecule has 4 aromatic rings. The van der Waals surface area contributed by atoms with Gasteiger partial charge in [0.15, 0.2) is 9.84 Å². The second-order valence-corrected chi connectivity index (χ2v) is 10.7. The fourth-order valence-electron chi connectivity index (χ4n) is 4.23. The summed E-state index contributed by atoms with van der Waals surface area (Å²) < 4.78 is 37.5. The molecule has 1 aromatic heterocycles. The molecule has 0 bridgehead atoms. The zero-order valence-electron chi connectivity index (χ0n) is 21.4. The molecule has 196 valence electrons. The number of rotatable bonds is 11. The van der Waals surface area contributed by atoms with Crippen LogP contribution < -0.4 is 14.8 Å². The van der Waals surface area contributed by atoms with Crippen molar-refractivity contribution in [2.24, 2.45) is 0 Å². The Kier molecular flexibility index (Phi) is 8.76. The van der Waals surface area contributed by atoms with Crippen molar-refractivity contribution in [3.05, 3.63) is 108 Å². The van der Waals surface area contributed by atoms with Gasteiger partial charge in [-0.3, -0.25) is 9.78 Å². The predicted molar refractivity (Wildman–Crippen MR) is 147 cm³/mol. The zero-order valence-corrected chi connectivity index (χ0v) is 22.2. The normalized spacial score (nSPS) is 11.1. The minimum atomic E-state index is -3.69. The zero-order chi connectivity index (χ0) is 27.0. The van der Waals surface area contributed by atoms with E-state index in [0.29, 0.717) is 42.0 Å². The van der Waals surface area contributed by atoms with Gasteiger partial charge in [-0.1, -0.05) is 48.5 Å². The van der Waals surface area contributed by atoms with Crippen molar-refractivity contribution in [3.8, 4) is 22.6 Å². The van der Waals surface area contributed by atoms with E-state index in [9.17, 15) is 13.2 Å². The molecule has 1 heterocycles. The van der Waals surface area contributed by atoms with Gasteiger partial charge in [0.25, 0.3) is 5.91 Å². The van der Waals surface area contributed by atoms with E-state index in [1.54, 1.807) is 42.7 Å². The number of hydrogen-bond donors (Lipinski definition) is 1. The molecule has 0 radical (unpaired) electrons. The van der Waals surface area contributed by atoms with Crippen molar-refractivity contribution >= 4 is 15.7 Å². The first-order valence-corrected chi connectivity index (χ1v) is 13.9. The van der Waals surface area contributed by atoms with E-state index < -0.39 is 9.84 Å². The van der Waals surface area contributed by atoms with E-state index in [1.807, 2.05) is 48.5 Å². The van der Waals surface area contributed by atoms with Crippen LogP contribution in [0.1, 0.15) is 27.9 Å². The highest BCUT2D eigenvalue weighted by molar-refractivity contribution is 7.90. The number of para-hydroxylation sites is 1. The first-order valence-electron chi connectivity index (χ1n) is 12.2. The summed E-state index contributed by atoms with van der Waals surface area (Å²) in [5.41, 5.74) is 3.76. The Morgan fingerprint density at radius 2 is 1.63 bits per heavy atom. The largest absolute Gasteiger partial charge is 0.496 e. The standard InChI is InChI=1S/C30H30N2O5S/c1-36-27-13-4-3-12-26(27)30(33)32-17-6-10-22-8-5-9-23(18-22)21-38(34,35)29-19-24(14-15-28(29)37-2)25-11-7-16-31-20-25/h3-5,7-9,11-16,18-20H,6,10,17,21H2,1-2H3,(H,32,33). The number of carbonyl (C=O) groups is 1. The third-order valence-electron chi connectivity index (χ3n) is 6.12. The van der Waals surface area contributed by atoms with Crippen LogP contribution in [0.15, 0.2) is 96.2 Å². The highest BCUT2D eigenvalue weighted by atomic mass is 32.2. The fourth-order valence-corrected chi connectivity index (χ4v) is 5.77. The molecule has 0 fully saturated rings. The number of nitrogens with zero attached hydrogens (tertiary/aromatic N) is 1. The van der Waals surface area contributed by atoms with Gasteiger partial charge in [-0.25, -0.2) is 8.42 Å². The first kappa shape index (κ1) is 26.9. The second-order valence-electron chi connectivity index (χ2n) is 8.75. The van der Waals surface area contributed by atoms with Crippen molar-refractivity contribution in [3.63, 3.8) is 0 Å². The smallest absolute Gasteiger partial charge is 0.255 e. The monoisotopic (exact) mass is 530 g/mol. The van der Waals surface area contributed by atoms with E-state index in [0.717, 1.165) is 16.7 Å². The number of pyridine rings is 1. The predicted octanol–water partition coefficient (Wildman–Crippen LogP) is 5.10. The molecule has 0 aliphatic heterocycles. The molecule has 0 aliphatic carbocycles. The lowest BCUT2D eigenvalue weighted by atomic mass is 10.1. The highest BCUT2D eigenvalue weighted by Gasteiger charge is 2.21. The Bertz CT molecular complexity index is 1500. The van der Waals surface area contributed by atoms with Crippen LogP contribution in [0.25, 0.3) is 11.1 Å². The van der Waals surface area contributed by atoms with Crippen LogP contribution in [0, 0.1) is 0 Å². The molecule has 1 N–H and O–H groups in total. The molecule has 0 aliphatic rings. The van der Waals surface area contributed by atoms with Gasteiger partial charge in [0, 0.05) is 24.5 Å². The number of ether oxygens (including phenoxy) is 2. The number of carbonyl (C=O) groups excluding carboxylic acids is 1. The SMILES string of the molecule is COc1ccccc1C(=O)NCCCc1cccc(CS(=O)(=O)c2cc(-c3cccnc3)ccc2OC)c1. The van der Waals surface area contributed by atoms with Gasteiger partial charge in [-0.15, -0.1) is 0 Å². The molecular formula is C30H30N2O5S. The molecular weight excluding hydrogens is 500 g/mol. The second kappa shape index (κ2) is 12.4. The summed E-state index contributed by atoms with van der Waals surface area (Å²) in [7, 11) is -0.693. The van der Waals surface area contributed by atoms with Gasteiger partial charge in [0.2, 0.25) is 0 Å². The lowest BCUT2D eigenvalue weighted by Crippen LogP contribution is -2.25. The molecule has 38 heavy (non-hydrogen) atoms. The minimum absolute atomic E-state index is 0.144. The summed E-state index contributed by atoms with van der Waals surface area (Å²) in [6.45, 7) is 0.484. The Balaban J connectivity index is 1.41. The lowest BCUT2D eigenvalue weighted by molar-refractivity contribution is 0.0950. The van der Waals surface area contributed by atoms with Gasteiger partial charge < -0.3 is 14.8 Å². The molecule has 3 aromatic carbocycles. The summed E-state index contributed by atoms with van der Waals surface area (Å²) >= 11 is 0. The summed E-state index contributed by atoms with van der Waals surface area (Å²) in [4.78, 5) is 16.7. The molecule has 4 rings (SSSR count). The average Bonchev–Trinajstić information content (AvgIpc) is 2.95. The van der Waals surface area contributed by atoms with Gasteiger partial charge in [0.05, 0.1) is 25.5 Å². The van der Waals surface area contributed by atoms with Crippen LogP contribution >= 0.6 is 0 Å². The summed E-state index contributed by atoms with van der Waals surface area (Å²) in [6, 6.07) is 23.4. The van der Waals surface area contributed by atoms with Crippen LogP contribution in [-0.2, 0) is 22.0 Å². The number of methoxy groups -OCH3 is 2. The highest BCUT2D eigenvalue weighted by Crippen LogP contribution is 2.32. The number of aryl methyl sites for hydroxylation is 1. The summed E-state index contributed by atoms with van der Waals surface area (Å²) in [5.74, 6) is 0.490. The number of nitrogens with one attached hydrogen (secondary N) is 1. The van der Waals surface area contributed by atoms with Crippen LogP contribution in [0.4, 0.5) is 0 Å². The number of amides is 1. The molecule has 0 unspecified atom stereocenters. The maximum Gasteiger partial charge on any atom is 0.255 e. The average molecular weight is 531 g/mol. The van der Waals surface area contributed by atoms with Crippen molar-refractivity contribution in [1.29, 1.82) is 0 Å². The van der Waals surface area contributed by atoms with E-state index in [-0.39, 0.29) is 16.6 Å². The van der Waals surface area contributed by atoms with Gasteiger partial charge in [-0.2, -0.15) is 0 Å². The molecule has 0 saturated carbocycles. The number of sulfone groups is 1. The van der Waals surface area contributed by atoms with Crippen molar-refractivity contribution in [1.82, 2.24) is 10.3 Å². The molecule has 1 amide bonds. The fraction of sp³-hybridized carbons (Fsp3) is 0.200. The maximum absolute atomic E-state index is 13.4. The van der Waals surface area contributed by atoms with Crippen LogP contribution in [0.2, 0.25) is 0 Å². The third-order valence-corrected chi connectivity index (χ3v) is 7.82. The summed E-state index contributed by atoms with van der Waals surface area (Å²) in [6.07, 6.45) is 4.77. The van der Waals surface area contributed by atoms with Crippen LogP contribution in [0.3, 0.4) is 0 Å². The number of aromatic nitrogens is 1. The van der Waals surface area contributed by atoms with Gasteiger partial charge in [-0.05, 0) is 59.9 Å². The first-order chi connectivity index (χ1) is 18.4. The van der Waals surface area contributed by atoms with E-state index in [2.05, 4.69) is 10.3 Å². The van der Waals surface area contributed by atoms with Crippen LogP contribution in [0.5, 0.6) is 11.5 Å². The van der Waals surface area contributed by atoms with Gasteiger partial charge in [0.1, 0.15) is 16.4 Å². The van der Waals surface area contributed by atoms with E-state index in [1.165, 1.54) is 14.2 Å². The van der Waals surface area contributed by atoms with E-state index >= 15 is 0 Å². The molecule has 0 spiro atoms. The van der Waals surface area contributed by atoms with E-state index in [4.69, 9.17) is 9.47 Å². The van der Waals surface area contributed by atoms with Crippen molar-refractivity contribution in [2.75, 3.05) is 20.8 Å². The van der Waals surface area contributed by atoms with Crippen LogP contribution in [-0.4, -0.2) is 40.1 Å². The maximum atomic E-state index is 13.4. The third kappa shape index (κ3) is 6.58. The Morgan fingerprint density at radius 3 is 2.39 bits per heavy atom. The Labute approximate surface area is 223 Å². The Morgan fingerprint density at radius 1 is 0.842 bits per heavy atom. The Hall–Kier alpha value is -4.17. The van der Waals surface area contributed by atoms with Gasteiger partial charge >= 0.3 is 0 Å². The minimum Gasteiger partial charge on any atom is -0.496 e. The summed E-state index contributed by atoms with van der Waals surface area (Å²) in [5, 5.41) is 2.92. The molecule has 0 atom stereocenters. The van der Waals surface area contributed by atoms with Crippen molar-refractivity contribution < 1.29 is 22.7 Å². The quantitative estimate of drug-likeness (QED) is 0.271. The molecule has 8 heteroatoms. The molecule has 7 nitrogen and oxygen atoms in total. The number of hydrogen-bond acceptors (Lipinski definition) is 6.